The van der Waals surface area contributed by atoms with E-state index in [4.69, 9.17) is 4.42 Å². The Kier molecular flexibility index (Phi) is 5.07. The van der Waals surface area contributed by atoms with E-state index in [1.807, 2.05) is 30.3 Å². The second-order valence-corrected chi connectivity index (χ2v) is 7.15. The van der Waals surface area contributed by atoms with Crippen molar-refractivity contribution in [2.75, 3.05) is 5.32 Å². The molecule has 1 N–H and O–H groups in total. The molecule has 0 aliphatic heterocycles. The van der Waals surface area contributed by atoms with Crippen LogP contribution >= 0.6 is 11.3 Å². The van der Waals surface area contributed by atoms with Gasteiger partial charge in [0.2, 0.25) is 0 Å². The molecule has 9 heteroatoms. The number of fused-ring (bicyclic) bond motifs is 1. The lowest BCUT2D eigenvalue weighted by molar-refractivity contribution is -0.384. The standard InChI is InChI=1S/C21H12N4O4S/c22-12-13(20(26)23-14-5-7-15(8-6-14)25(27)28)11-16-9-10-18(29-16)21-24-17-3-1-2-4-19(17)30-21/h1-11H,(H,23,26)/b13-11+. The third-order valence-corrected chi connectivity index (χ3v) is 5.17. The largest absolute Gasteiger partial charge is 0.454 e. The summed E-state index contributed by atoms with van der Waals surface area (Å²) in [6.07, 6.45) is 1.33. The van der Waals surface area contributed by atoms with Gasteiger partial charge in [0.05, 0.1) is 15.1 Å². The number of aromatic nitrogens is 1. The first kappa shape index (κ1) is 19.0. The average molecular weight is 416 g/mol. The van der Waals surface area contributed by atoms with Gasteiger partial charge in [0, 0.05) is 23.9 Å². The van der Waals surface area contributed by atoms with Gasteiger partial charge in [-0.25, -0.2) is 4.98 Å². The molecule has 1 amide bonds. The van der Waals surface area contributed by atoms with Crippen molar-refractivity contribution in [3.05, 3.63) is 82.1 Å². The lowest BCUT2D eigenvalue weighted by atomic mass is 10.2. The topological polar surface area (TPSA) is 122 Å². The Morgan fingerprint density at radius 1 is 1.17 bits per heavy atom. The molecule has 30 heavy (non-hydrogen) atoms. The summed E-state index contributed by atoms with van der Waals surface area (Å²) in [5.74, 6) is 0.222. The predicted molar refractivity (Wildman–Crippen MR) is 113 cm³/mol. The van der Waals surface area contributed by atoms with Crippen molar-refractivity contribution < 1.29 is 14.1 Å². The van der Waals surface area contributed by atoms with E-state index in [-0.39, 0.29) is 11.3 Å². The van der Waals surface area contributed by atoms with Crippen molar-refractivity contribution in [2.24, 2.45) is 0 Å². The van der Waals surface area contributed by atoms with Crippen LogP contribution in [0.25, 0.3) is 27.1 Å². The first-order valence-corrected chi connectivity index (χ1v) is 9.48. The van der Waals surface area contributed by atoms with E-state index in [2.05, 4.69) is 10.3 Å². The van der Waals surface area contributed by atoms with E-state index in [1.54, 1.807) is 12.1 Å². The third-order valence-electron chi connectivity index (χ3n) is 4.12. The van der Waals surface area contributed by atoms with Gasteiger partial charge in [0.25, 0.3) is 11.6 Å². The number of anilines is 1. The summed E-state index contributed by atoms with van der Waals surface area (Å²) >= 11 is 1.48. The Balaban J connectivity index is 1.53. The Bertz CT molecular complexity index is 1300. The average Bonchev–Trinajstić information content (AvgIpc) is 3.39. The molecule has 8 nitrogen and oxygen atoms in total. The third kappa shape index (κ3) is 3.94. The number of nitrogens with zero attached hydrogens (tertiary/aromatic N) is 3. The molecule has 146 valence electrons. The number of para-hydroxylation sites is 1. The molecule has 0 atom stereocenters. The summed E-state index contributed by atoms with van der Waals surface area (Å²) in [6.45, 7) is 0. The second-order valence-electron chi connectivity index (χ2n) is 6.12. The lowest BCUT2D eigenvalue weighted by Crippen LogP contribution is -2.13. The SMILES string of the molecule is N#C/C(=C\c1ccc(-c2nc3ccccc3s2)o1)C(=O)Nc1ccc([N+](=O)[O-])cc1. The van der Waals surface area contributed by atoms with Crippen LogP contribution in [0.4, 0.5) is 11.4 Å². The lowest BCUT2D eigenvalue weighted by Gasteiger charge is -2.03. The zero-order chi connectivity index (χ0) is 21.1. The van der Waals surface area contributed by atoms with Crippen molar-refractivity contribution in [3.63, 3.8) is 0 Å². The number of nitrogens with one attached hydrogen (secondary N) is 1. The molecular weight excluding hydrogens is 404 g/mol. The van der Waals surface area contributed by atoms with Crippen LogP contribution in [0, 0.1) is 21.4 Å². The van der Waals surface area contributed by atoms with Crippen LogP contribution in [0.15, 0.2) is 70.7 Å². The number of benzene rings is 2. The number of carbonyl (C=O) groups is 1. The van der Waals surface area contributed by atoms with E-state index < -0.39 is 10.8 Å². The van der Waals surface area contributed by atoms with Gasteiger partial charge in [-0.05, 0) is 36.4 Å². The molecule has 0 radical (unpaired) electrons. The van der Waals surface area contributed by atoms with Crippen LogP contribution < -0.4 is 5.32 Å². The molecule has 4 aromatic rings. The number of carbonyl (C=O) groups excluding carboxylic acids is 1. The van der Waals surface area contributed by atoms with Gasteiger partial charge in [0.1, 0.15) is 17.4 Å². The number of rotatable bonds is 5. The van der Waals surface area contributed by atoms with Crippen LogP contribution in [0.3, 0.4) is 0 Å². The highest BCUT2D eigenvalue weighted by Crippen LogP contribution is 2.31. The van der Waals surface area contributed by atoms with Gasteiger partial charge in [-0.3, -0.25) is 14.9 Å². The normalized spacial score (nSPS) is 11.2. The molecule has 0 bridgehead atoms. The van der Waals surface area contributed by atoms with E-state index in [1.165, 1.54) is 41.7 Å². The van der Waals surface area contributed by atoms with Gasteiger partial charge in [0.15, 0.2) is 10.8 Å². The van der Waals surface area contributed by atoms with Gasteiger partial charge in [-0.2, -0.15) is 5.26 Å². The summed E-state index contributed by atoms with van der Waals surface area (Å²) in [5, 5.41) is 23.3. The molecule has 0 spiro atoms. The number of thiazole rings is 1. The highest BCUT2D eigenvalue weighted by Gasteiger charge is 2.14. The number of hydrogen-bond acceptors (Lipinski definition) is 7. The van der Waals surface area contributed by atoms with E-state index in [9.17, 15) is 20.2 Å². The molecule has 0 aliphatic rings. The fourth-order valence-electron chi connectivity index (χ4n) is 2.68. The van der Waals surface area contributed by atoms with E-state index >= 15 is 0 Å². The number of non-ortho nitro benzene ring substituents is 1. The van der Waals surface area contributed by atoms with Crippen molar-refractivity contribution in [1.82, 2.24) is 4.98 Å². The molecule has 0 saturated carbocycles. The van der Waals surface area contributed by atoms with Crippen molar-refractivity contribution in [3.8, 4) is 16.8 Å². The van der Waals surface area contributed by atoms with Crippen molar-refractivity contribution >= 4 is 44.9 Å². The van der Waals surface area contributed by atoms with Crippen LogP contribution in [-0.2, 0) is 4.79 Å². The maximum atomic E-state index is 12.4. The summed E-state index contributed by atoms with van der Waals surface area (Å²) in [4.78, 5) is 27.1. The first-order valence-electron chi connectivity index (χ1n) is 8.67. The highest BCUT2D eigenvalue weighted by atomic mass is 32.1. The minimum atomic E-state index is -0.649. The number of nitro benzene ring substituents is 1. The molecule has 4 rings (SSSR count). The molecule has 0 fully saturated rings. The van der Waals surface area contributed by atoms with E-state index in [0.717, 1.165) is 10.2 Å². The molecule has 2 aromatic carbocycles. The van der Waals surface area contributed by atoms with Crippen molar-refractivity contribution in [1.29, 1.82) is 5.26 Å². The summed E-state index contributed by atoms with van der Waals surface area (Å²) in [5.41, 5.74) is 0.938. The first-order chi connectivity index (χ1) is 14.5. The fourth-order valence-corrected chi connectivity index (χ4v) is 3.61. The predicted octanol–water partition coefficient (Wildman–Crippen LogP) is 5.01. The molecule has 0 aliphatic carbocycles. The quantitative estimate of drug-likeness (QED) is 0.211. The number of furan rings is 1. The van der Waals surface area contributed by atoms with Gasteiger partial charge >= 0.3 is 0 Å². The van der Waals surface area contributed by atoms with Crippen LogP contribution in [0.2, 0.25) is 0 Å². The number of nitriles is 1. The Morgan fingerprint density at radius 2 is 1.93 bits per heavy atom. The maximum Gasteiger partial charge on any atom is 0.269 e. The highest BCUT2D eigenvalue weighted by molar-refractivity contribution is 7.21. The molecule has 0 unspecified atom stereocenters. The zero-order valence-electron chi connectivity index (χ0n) is 15.2. The molecule has 2 heterocycles. The summed E-state index contributed by atoms with van der Waals surface area (Å²) in [7, 11) is 0. The maximum absolute atomic E-state index is 12.4. The van der Waals surface area contributed by atoms with Crippen molar-refractivity contribution in [2.45, 2.75) is 0 Å². The second kappa shape index (κ2) is 7.98. The van der Waals surface area contributed by atoms with Gasteiger partial charge in [-0.1, -0.05) is 12.1 Å². The minimum absolute atomic E-state index is 0.0954. The Hall–Kier alpha value is -4.29. The minimum Gasteiger partial charge on any atom is -0.454 e. The van der Waals surface area contributed by atoms with Crippen LogP contribution in [-0.4, -0.2) is 15.8 Å². The smallest absolute Gasteiger partial charge is 0.269 e. The Labute approximate surface area is 173 Å². The summed E-state index contributed by atoms with van der Waals surface area (Å²) in [6, 6.07) is 18.3. The summed E-state index contributed by atoms with van der Waals surface area (Å²) < 4.78 is 6.77. The zero-order valence-corrected chi connectivity index (χ0v) is 16.1. The molecular formula is C21H12N4O4S. The number of amides is 1. The monoisotopic (exact) mass is 416 g/mol. The van der Waals surface area contributed by atoms with Gasteiger partial charge < -0.3 is 9.73 Å². The molecule has 2 aromatic heterocycles. The van der Waals surface area contributed by atoms with Gasteiger partial charge in [-0.15, -0.1) is 11.3 Å². The Morgan fingerprint density at radius 3 is 2.63 bits per heavy atom. The number of nitro groups is 1. The van der Waals surface area contributed by atoms with E-state index in [0.29, 0.717) is 22.2 Å². The fraction of sp³-hybridized carbons (Fsp3) is 0. The van der Waals surface area contributed by atoms with Crippen LogP contribution in [0.1, 0.15) is 5.76 Å². The number of hydrogen-bond donors (Lipinski definition) is 1. The van der Waals surface area contributed by atoms with Crippen LogP contribution in [0.5, 0.6) is 0 Å². The molecule has 0 saturated heterocycles.